The van der Waals surface area contributed by atoms with Gasteiger partial charge in [-0.05, 0) is 181 Å². The van der Waals surface area contributed by atoms with Gasteiger partial charge in [-0.1, -0.05) is 189 Å². The molecule has 0 unspecified atom stereocenters. The second kappa shape index (κ2) is 24.7. The van der Waals surface area contributed by atoms with Crippen LogP contribution < -0.4 is 0 Å². The average Bonchev–Trinajstić information content (AvgIpc) is 3.40. The molecule has 388 valence electrons. The Bertz CT molecular complexity index is 2670. The molecule has 2 fully saturated rings. The van der Waals surface area contributed by atoms with Gasteiger partial charge in [-0.25, -0.2) is 0 Å². The summed E-state index contributed by atoms with van der Waals surface area (Å²) in [5.41, 5.74) is 9.09. The highest BCUT2D eigenvalue weighted by Crippen LogP contribution is 2.49. The zero-order valence-corrected chi connectivity index (χ0v) is 46.7. The van der Waals surface area contributed by atoms with Crippen molar-refractivity contribution in [3.63, 3.8) is 0 Å². The van der Waals surface area contributed by atoms with Gasteiger partial charge in [-0.3, -0.25) is 9.59 Å². The van der Waals surface area contributed by atoms with Crippen LogP contribution in [0.5, 0.6) is 11.5 Å². The number of hydrogen-bond donors (Lipinski definition) is 2. The molecule has 0 spiro atoms. The smallest absolute Gasteiger partial charge is 0.202 e. The Morgan fingerprint density at radius 3 is 1.09 bits per heavy atom. The fourth-order valence-electron chi connectivity index (χ4n) is 12.4. The van der Waals surface area contributed by atoms with Gasteiger partial charge in [0.05, 0.1) is 22.3 Å². The van der Waals surface area contributed by atoms with Gasteiger partial charge in [0.25, 0.3) is 0 Å². The molecule has 9 rings (SSSR count). The lowest BCUT2D eigenvalue weighted by Gasteiger charge is -2.29. The van der Waals surface area contributed by atoms with Crippen LogP contribution in [0.25, 0.3) is 22.3 Å². The summed E-state index contributed by atoms with van der Waals surface area (Å²) in [5, 5.41) is 24.0. The van der Waals surface area contributed by atoms with Crippen LogP contribution in [0.1, 0.15) is 210 Å². The lowest BCUT2D eigenvalue weighted by atomic mass is 9.77. The van der Waals surface area contributed by atoms with Crippen molar-refractivity contribution in [1.82, 2.24) is 0 Å². The van der Waals surface area contributed by atoms with Crippen molar-refractivity contribution in [1.29, 1.82) is 0 Å². The molecule has 3 aliphatic carbocycles. The third-order valence-electron chi connectivity index (χ3n) is 16.6. The zero-order valence-electron chi connectivity index (χ0n) is 45.1. The second-order valence-electron chi connectivity index (χ2n) is 23.0. The fourth-order valence-corrected chi connectivity index (χ4v) is 14.5. The standard InChI is InChI=1S/C68H80O4S2/c1-7-9-11-13-45-15-19-47(20-16-45)49-23-27-51(28-24-49)53-31-35-57(36-32-53)73-59-41-55(39-43(3)4)65(69)63-61(59)67(71)62-60(42-56(40-44(5)6)66(70)64(62)68(63)72)74-58-37-33-54(34-38-58)52-29-25-50(26-30-52)48-21-17-46(18-22-48)14-12-10-8-2/h23-38,41-48,69-70H,7-22,39-40H2,1-6H3. The predicted octanol–water partition coefficient (Wildman–Crippen LogP) is 19.6. The van der Waals surface area contributed by atoms with Crippen molar-refractivity contribution in [2.45, 2.75) is 189 Å². The van der Waals surface area contributed by atoms with E-state index in [2.05, 4.69) is 139 Å². The van der Waals surface area contributed by atoms with Crippen molar-refractivity contribution in [3.05, 3.63) is 154 Å². The number of aromatic hydroxyl groups is 2. The highest BCUT2D eigenvalue weighted by Gasteiger charge is 2.40. The van der Waals surface area contributed by atoms with Crippen LogP contribution in [-0.4, -0.2) is 21.8 Å². The first-order chi connectivity index (χ1) is 35.9. The summed E-state index contributed by atoms with van der Waals surface area (Å²) in [7, 11) is 0. The Morgan fingerprint density at radius 1 is 0.446 bits per heavy atom. The number of carbonyl (C=O) groups is 2. The summed E-state index contributed by atoms with van der Waals surface area (Å²) in [4.78, 5) is 33.5. The number of hydrogen-bond acceptors (Lipinski definition) is 6. The average molecular weight is 1030 g/mol. The van der Waals surface area contributed by atoms with E-state index in [0.717, 1.165) is 32.8 Å². The Balaban J connectivity index is 0.959. The first-order valence-corrected chi connectivity index (χ1v) is 30.2. The maximum Gasteiger partial charge on any atom is 0.202 e. The number of phenolic OH excluding ortho intramolecular Hbond substituents is 2. The van der Waals surface area contributed by atoms with Crippen LogP contribution in [0, 0.1) is 23.7 Å². The third kappa shape index (κ3) is 12.5. The monoisotopic (exact) mass is 1020 g/mol. The maximum atomic E-state index is 15.3. The molecule has 6 heteroatoms. The molecule has 2 saturated carbocycles. The van der Waals surface area contributed by atoms with Gasteiger partial charge in [0, 0.05) is 19.6 Å². The van der Waals surface area contributed by atoms with Gasteiger partial charge >= 0.3 is 0 Å². The van der Waals surface area contributed by atoms with Crippen molar-refractivity contribution in [2.24, 2.45) is 23.7 Å². The summed E-state index contributed by atoms with van der Waals surface area (Å²) in [6, 6.07) is 39.0. The van der Waals surface area contributed by atoms with Crippen LogP contribution in [0.2, 0.25) is 0 Å². The maximum absolute atomic E-state index is 15.3. The van der Waals surface area contributed by atoms with Crippen LogP contribution in [0.4, 0.5) is 0 Å². The molecule has 0 aromatic heterocycles. The van der Waals surface area contributed by atoms with Gasteiger partial charge in [-0.15, -0.1) is 0 Å². The van der Waals surface area contributed by atoms with E-state index in [1.54, 1.807) is 0 Å². The van der Waals surface area contributed by atoms with Crippen LogP contribution >= 0.6 is 23.5 Å². The summed E-state index contributed by atoms with van der Waals surface area (Å²) in [6.07, 6.45) is 22.4. The topological polar surface area (TPSA) is 74.6 Å². The van der Waals surface area contributed by atoms with E-state index < -0.39 is 5.78 Å². The number of unbranched alkanes of at least 4 members (excludes halogenated alkanes) is 4. The molecule has 74 heavy (non-hydrogen) atoms. The molecular weight excluding hydrogens is 945 g/mol. The molecule has 0 atom stereocenters. The second-order valence-corrected chi connectivity index (χ2v) is 25.3. The first kappa shape index (κ1) is 53.8. The number of rotatable bonds is 20. The van der Waals surface area contributed by atoms with Gasteiger partial charge < -0.3 is 10.2 Å². The number of phenols is 2. The summed E-state index contributed by atoms with van der Waals surface area (Å²) in [6.45, 7) is 12.9. The van der Waals surface area contributed by atoms with Gasteiger partial charge in [-0.2, -0.15) is 0 Å². The molecule has 0 heterocycles. The van der Waals surface area contributed by atoms with Crippen molar-refractivity contribution < 1.29 is 19.8 Å². The number of ketones is 2. The summed E-state index contributed by atoms with van der Waals surface area (Å²) < 4.78 is 0. The first-order valence-electron chi connectivity index (χ1n) is 28.5. The lowest BCUT2D eigenvalue weighted by Crippen LogP contribution is -2.24. The molecule has 0 aliphatic heterocycles. The Hall–Kier alpha value is -5.04. The van der Waals surface area contributed by atoms with Gasteiger partial charge in [0.2, 0.25) is 5.78 Å². The van der Waals surface area contributed by atoms with E-state index in [0.29, 0.717) is 45.6 Å². The minimum atomic E-state index is -0.512. The highest BCUT2D eigenvalue weighted by atomic mass is 32.2. The minimum Gasteiger partial charge on any atom is -0.507 e. The van der Waals surface area contributed by atoms with Crippen molar-refractivity contribution in [2.75, 3.05) is 0 Å². The van der Waals surface area contributed by atoms with E-state index in [1.807, 2.05) is 12.1 Å². The van der Waals surface area contributed by atoms with Crippen molar-refractivity contribution >= 4 is 35.1 Å². The highest BCUT2D eigenvalue weighted by molar-refractivity contribution is 7.99. The largest absolute Gasteiger partial charge is 0.507 e. The molecule has 0 radical (unpaired) electrons. The summed E-state index contributed by atoms with van der Waals surface area (Å²) >= 11 is 2.89. The van der Waals surface area contributed by atoms with E-state index in [4.69, 9.17) is 0 Å². The molecule has 0 amide bonds. The Kier molecular flexibility index (Phi) is 18.0. The fraction of sp³-hybridized carbons (Fsp3) is 0.441. The molecule has 6 aromatic carbocycles. The van der Waals surface area contributed by atoms with Crippen LogP contribution in [-0.2, 0) is 12.8 Å². The SMILES string of the molecule is CCCCCC1CCC(c2ccc(-c3ccc(Sc4cc(CC(C)C)c(O)c5c4C(=O)c4c(Sc6ccc(-c7ccc(C8CCC(CCCCC)CC8)cc7)cc6)cc(CC(C)C)c(O)c4C5=O)cc3)cc2)CC1. The zero-order chi connectivity index (χ0) is 51.9. The van der Waals surface area contributed by atoms with E-state index in [-0.39, 0.29) is 51.4 Å². The van der Waals surface area contributed by atoms with Crippen molar-refractivity contribution in [3.8, 4) is 33.8 Å². The van der Waals surface area contributed by atoms with Crippen LogP contribution in [0.15, 0.2) is 129 Å². The van der Waals surface area contributed by atoms with Gasteiger partial charge in [0.1, 0.15) is 11.5 Å². The van der Waals surface area contributed by atoms with E-state index in [9.17, 15) is 10.2 Å². The quantitative estimate of drug-likeness (QED) is 0.0741. The molecular formula is C68H80O4S2. The molecule has 0 bridgehead atoms. The Labute approximate surface area is 452 Å². The Morgan fingerprint density at radius 2 is 0.770 bits per heavy atom. The normalized spacial score (nSPS) is 18.8. The predicted molar refractivity (Wildman–Crippen MR) is 310 cm³/mol. The van der Waals surface area contributed by atoms with Gasteiger partial charge in [0.15, 0.2) is 5.78 Å². The van der Waals surface area contributed by atoms with Crippen LogP contribution in [0.3, 0.4) is 0 Å². The lowest BCUT2D eigenvalue weighted by molar-refractivity contribution is 0.0969. The summed E-state index contributed by atoms with van der Waals surface area (Å²) in [5.74, 6) is 2.23. The molecule has 3 aliphatic rings. The minimum absolute atomic E-state index is 0.0109. The number of carbonyl (C=O) groups excluding carboxylic acids is 2. The molecule has 0 saturated heterocycles. The molecule has 4 nitrogen and oxygen atoms in total. The number of fused-ring (bicyclic) bond motifs is 2. The third-order valence-corrected chi connectivity index (χ3v) is 18.7. The van der Waals surface area contributed by atoms with E-state index in [1.165, 1.54) is 149 Å². The molecule has 6 aromatic rings. The number of benzene rings is 6. The molecule has 2 N–H and O–H groups in total. The van der Waals surface area contributed by atoms with E-state index >= 15 is 9.59 Å².